The van der Waals surface area contributed by atoms with Gasteiger partial charge in [0.2, 0.25) is 5.91 Å². The fraction of sp³-hybridized carbons (Fsp3) is 0.562. The molecule has 0 radical (unpaired) electrons. The summed E-state index contributed by atoms with van der Waals surface area (Å²) >= 11 is 0. The van der Waals surface area contributed by atoms with Crippen LogP contribution in [0.2, 0.25) is 0 Å². The van der Waals surface area contributed by atoms with Crippen LogP contribution in [-0.2, 0) is 10.2 Å². The van der Waals surface area contributed by atoms with Gasteiger partial charge in [0, 0.05) is 13.6 Å². The van der Waals surface area contributed by atoms with Gasteiger partial charge >= 0.3 is 0 Å². The van der Waals surface area contributed by atoms with Gasteiger partial charge in [0.25, 0.3) is 0 Å². The van der Waals surface area contributed by atoms with Gasteiger partial charge in [0.1, 0.15) is 5.82 Å². The number of benzene rings is 1. The van der Waals surface area contributed by atoms with Crippen molar-refractivity contribution in [1.29, 1.82) is 0 Å². The van der Waals surface area contributed by atoms with Crippen molar-refractivity contribution >= 4 is 5.91 Å². The van der Waals surface area contributed by atoms with Gasteiger partial charge in [-0.15, -0.1) is 0 Å². The molecule has 0 saturated heterocycles. The monoisotopic (exact) mass is 279 g/mol. The molecule has 1 amide bonds. The highest BCUT2D eigenvalue weighted by Gasteiger charge is 2.47. The number of halogens is 1. The van der Waals surface area contributed by atoms with E-state index in [1.807, 2.05) is 0 Å². The lowest BCUT2D eigenvalue weighted by molar-refractivity contribution is -0.142. The predicted octanol–water partition coefficient (Wildman–Crippen LogP) is 2.48. The maximum atomic E-state index is 13.1. The summed E-state index contributed by atoms with van der Waals surface area (Å²) in [6.45, 7) is 3.65. The summed E-state index contributed by atoms with van der Waals surface area (Å²) in [4.78, 5) is 14.3. The molecule has 1 aliphatic rings. The third-order valence-corrected chi connectivity index (χ3v) is 3.98. The van der Waals surface area contributed by atoms with Gasteiger partial charge in [0.05, 0.1) is 11.0 Å². The Bertz CT molecular complexity index is 486. The lowest BCUT2D eigenvalue weighted by Crippen LogP contribution is -2.52. The van der Waals surface area contributed by atoms with Crippen LogP contribution < -0.4 is 0 Å². The van der Waals surface area contributed by atoms with E-state index in [2.05, 4.69) is 0 Å². The minimum Gasteiger partial charge on any atom is -0.389 e. The Hall–Kier alpha value is -1.42. The highest BCUT2D eigenvalue weighted by molar-refractivity contribution is 5.89. The second kappa shape index (κ2) is 5.17. The SMILES string of the molecule is CN(CC(C)(C)O)C(=O)C1(c2ccc(F)cc2)CCC1. The van der Waals surface area contributed by atoms with Crippen molar-refractivity contribution in [3.8, 4) is 0 Å². The summed E-state index contributed by atoms with van der Waals surface area (Å²) < 4.78 is 13.1. The van der Waals surface area contributed by atoms with Gasteiger partial charge in [-0.05, 0) is 44.4 Å². The largest absolute Gasteiger partial charge is 0.389 e. The van der Waals surface area contributed by atoms with E-state index >= 15 is 0 Å². The molecule has 0 bridgehead atoms. The molecule has 1 fully saturated rings. The molecule has 0 heterocycles. The van der Waals surface area contributed by atoms with E-state index in [1.54, 1.807) is 37.9 Å². The molecule has 4 heteroatoms. The van der Waals surface area contributed by atoms with Crippen molar-refractivity contribution in [2.45, 2.75) is 44.1 Å². The van der Waals surface area contributed by atoms with Gasteiger partial charge in [-0.3, -0.25) is 4.79 Å². The third kappa shape index (κ3) is 2.85. The molecule has 3 nitrogen and oxygen atoms in total. The van der Waals surface area contributed by atoms with E-state index in [1.165, 1.54) is 12.1 Å². The molecule has 1 saturated carbocycles. The normalized spacial score (nSPS) is 17.4. The Kier molecular flexibility index (Phi) is 3.87. The number of carbonyl (C=O) groups excluding carboxylic acids is 1. The number of carbonyl (C=O) groups is 1. The maximum absolute atomic E-state index is 13.1. The van der Waals surface area contributed by atoms with Crippen LogP contribution in [0.5, 0.6) is 0 Å². The van der Waals surface area contributed by atoms with Crippen LogP contribution in [0.1, 0.15) is 38.7 Å². The molecule has 0 atom stereocenters. The van der Waals surface area contributed by atoms with Crippen molar-refractivity contribution in [2.75, 3.05) is 13.6 Å². The minimum absolute atomic E-state index is 0.0116. The molecule has 0 aromatic heterocycles. The van der Waals surface area contributed by atoms with Gasteiger partial charge < -0.3 is 10.0 Å². The Labute approximate surface area is 119 Å². The van der Waals surface area contributed by atoms with Crippen LogP contribution in [0.25, 0.3) is 0 Å². The van der Waals surface area contributed by atoms with Gasteiger partial charge in [0.15, 0.2) is 0 Å². The van der Waals surface area contributed by atoms with Crippen LogP contribution in [0.4, 0.5) is 4.39 Å². The van der Waals surface area contributed by atoms with Crippen molar-refractivity contribution < 1.29 is 14.3 Å². The molecule has 0 aliphatic heterocycles. The lowest BCUT2D eigenvalue weighted by atomic mass is 9.63. The van der Waals surface area contributed by atoms with Crippen molar-refractivity contribution in [3.05, 3.63) is 35.6 Å². The maximum Gasteiger partial charge on any atom is 0.233 e. The first-order valence-corrected chi connectivity index (χ1v) is 6.99. The van der Waals surface area contributed by atoms with E-state index in [-0.39, 0.29) is 18.3 Å². The summed E-state index contributed by atoms with van der Waals surface area (Å²) in [5, 5.41) is 9.86. The zero-order valence-electron chi connectivity index (χ0n) is 12.3. The van der Waals surface area contributed by atoms with Crippen molar-refractivity contribution in [2.24, 2.45) is 0 Å². The standard InChI is InChI=1S/C16H22FNO2/c1-15(2,20)11-18(3)14(19)16(9-4-10-16)12-5-7-13(17)8-6-12/h5-8,20H,4,9-11H2,1-3H3. The minimum atomic E-state index is -0.919. The Morgan fingerprint density at radius 3 is 2.30 bits per heavy atom. The highest BCUT2D eigenvalue weighted by Crippen LogP contribution is 2.45. The van der Waals surface area contributed by atoms with Crippen LogP contribution in [-0.4, -0.2) is 35.1 Å². The molecule has 2 rings (SSSR count). The van der Waals surface area contributed by atoms with Crippen LogP contribution in [0, 0.1) is 5.82 Å². The number of hydrogen-bond donors (Lipinski definition) is 1. The molecule has 1 aromatic carbocycles. The number of hydrogen-bond acceptors (Lipinski definition) is 2. The molecule has 1 aromatic rings. The number of nitrogens with zero attached hydrogens (tertiary/aromatic N) is 1. The first-order chi connectivity index (χ1) is 9.24. The summed E-state index contributed by atoms with van der Waals surface area (Å²) in [7, 11) is 1.71. The zero-order chi connectivity index (χ0) is 15.0. The summed E-state index contributed by atoms with van der Waals surface area (Å²) in [5.41, 5.74) is -0.580. The average molecular weight is 279 g/mol. The van der Waals surface area contributed by atoms with Crippen LogP contribution in [0.15, 0.2) is 24.3 Å². The Morgan fingerprint density at radius 1 is 1.35 bits per heavy atom. The molecule has 20 heavy (non-hydrogen) atoms. The third-order valence-electron chi connectivity index (χ3n) is 3.98. The van der Waals surface area contributed by atoms with Crippen LogP contribution >= 0.6 is 0 Å². The zero-order valence-corrected chi connectivity index (χ0v) is 12.3. The number of aliphatic hydroxyl groups is 1. The van der Waals surface area contributed by atoms with E-state index in [4.69, 9.17) is 0 Å². The fourth-order valence-electron chi connectivity index (χ4n) is 2.94. The fourth-order valence-corrected chi connectivity index (χ4v) is 2.94. The first kappa shape index (κ1) is 15.0. The number of amides is 1. The Balaban J connectivity index is 2.23. The molecular weight excluding hydrogens is 257 g/mol. The quantitative estimate of drug-likeness (QED) is 0.920. The summed E-state index contributed by atoms with van der Waals surface area (Å²) in [6, 6.07) is 6.20. The number of likely N-dealkylation sites (N-methyl/N-ethyl adjacent to an activating group) is 1. The molecule has 1 aliphatic carbocycles. The highest BCUT2D eigenvalue weighted by atomic mass is 19.1. The topological polar surface area (TPSA) is 40.5 Å². The predicted molar refractivity (Wildman–Crippen MR) is 75.9 cm³/mol. The smallest absolute Gasteiger partial charge is 0.233 e. The average Bonchev–Trinajstić information content (AvgIpc) is 2.27. The second-order valence-electron chi connectivity index (χ2n) is 6.42. The van der Waals surface area contributed by atoms with E-state index in [0.29, 0.717) is 0 Å². The second-order valence-corrected chi connectivity index (χ2v) is 6.42. The summed E-state index contributed by atoms with van der Waals surface area (Å²) in [6.07, 6.45) is 2.57. The van der Waals surface area contributed by atoms with Crippen molar-refractivity contribution in [1.82, 2.24) is 4.90 Å². The molecule has 1 N–H and O–H groups in total. The van der Waals surface area contributed by atoms with Crippen LogP contribution in [0.3, 0.4) is 0 Å². The first-order valence-electron chi connectivity index (χ1n) is 6.99. The molecule has 110 valence electrons. The summed E-state index contributed by atoms with van der Waals surface area (Å²) in [5.74, 6) is -0.280. The number of rotatable bonds is 4. The Morgan fingerprint density at radius 2 is 1.90 bits per heavy atom. The van der Waals surface area contributed by atoms with Gasteiger partial charge in [-0.25, -0.2) is 4.39 Å². The van der Waals surface area contributed by atoms with E-state index in [9.17, 15) is 14.3 Å². The molecule has 0 unspecified atom stereocenters. The van der Waals surface area contributed by atoms with E-state index < -0.39 is 11.0 Å². The van der Waals surface area contributed by atoms with Crippen molar-refractivity contribution in [3.63, 3.8) is 0 Å². The molecule has 0 spiro atoms. The van der Waals surface area contributed by atoms with E-state index in [0.717, 1.165) is 24.8 Å². The van der Waals surface area contributed by atoms with Gasteiger partial charge in [-0.2, -0.15) is 0 Å². The molecular formula is C16H22FNO2. The van der Waals surface area contributed by atoms with Gasteiger partial charge in [-0.1, -0.05) is 18.6 Å². The lowest BCUT2D eigenvalue weighted by Gasteiger charge is -2.44.